The van der Waals surface area contributed by atoms with Crippen LogP contribution in [0.3, 0.4) is 0 Å². The number of carbonyl (C=O) groups excluding carboxylic acids is 1. The Morgan fingerprint density at radius 1 is 1.00 bits per heavy atom. The van der Waals surface area contributed by atoms with Gasteiger partial charge in [-0.15, -0.1) is 0 Å². The summed E-state index contributed by atoms with van der Waals surface area (Å²) >= 11 is 0. The number of rotatable bonds is 2. The molecular formula is C14H14N2O. The van der Waals surface area contributed by atoms with Gasteiger partial charge in [0.05, 0.1) is 5.56 Å². The van der Waals surface area contributed by atoms with Gasteiger partial charge in [-0.2, -0.15) is 0 Å². The summed E-state index contributed by atoms with van der Waals surface area (Å²) < 4.78 is 0. The Bertz CT molecular complexity index is 576. The molecule has 17 heavy (non-hydrogen) atoms. The third-order valence-electron chi connectivity index (χ3n) is 2.78. The van der Waals surface area contributed by atoms with Crippen molar-refractivity contribution in [1.82, 2.24) is 0 Å². The Balaban J connectivity index is 2.72. The summed E-state index contributed by atoms with van der Waals surface area (Å²) in [7, 11) is 0. The molecular weight excluding hydrogens is 212 g/mol. The molecule has 0 saturated carbocycles. The lowest BCUT2D eigenvalue weighted by atomic mass is 9.95. The average molecular weight is 226 g/mol. The van der Waals surface area contributed by atoms with E-state index in [1.807, 2.05) is 43.3 Å². The number of nitrogen functional groups attached to an aromatic ring is 1. The van der Waals surface area contributed by atoms with Gasteiger partial charge in [-0.1, -0.05) is 36.4 Å². The van der Waals surface area contributed by atoms with E-state index in [0.717, 1.165) is 16.7 Å². The van der Waals surface area contributed by atoms with Crippen molar-refractivity contribution in [3.63, 3.8) is 0 Å². The molecule has 0 aliphatic heterocycles. The van der Waals surface area contributed by atoms with Gasteiger partial charge in [-0.25, -0.2) is 0 Å². The minimum Gasteiger partial charge on any atom is -0.398 e. The van der Waals surface area contributed by atoms with Gasteiger partial charge in [-0.3, -0.25) is 4.79 Å². The molecule has 3 nitrogen and oxygen atoms in total. The maximum Gasteiger partial charge on any atom is 0.251 e. The van der Waals surface area contributed by atoms with Crippen LogP contribution in [-0.2, 0) is 0 Å². The number of nitrogens with two attached hydrogens (primary N) is 2. The third kappa shape index (κ3) is 1.99. The van der Waals surface area contributed by atoms with Crippen molar-refractivity contribution in [2.45, 2.75) is 6.92 Å². The van der Waals surface area contributed by atoms with E-state index in [1.165, 1.54) is 0 Å². The predicted octanol–water partition coefficient (Wildman–Crippen LogP) is 2.34. The average Bonchev–Trinajstić information content (AvgIpc) is 2.28. The van der Waals surface area contributed by atoms with Crippen LogP contribution in [0.5, 0.6) is 0 Å². The molecule has 3 heteroatoms. The fourth-order valence-electron chi connectivity index (χ4n) is 1.94. The molecule has 0 bridgehead atoms. The second-order valence-electron chi connectivity index (χ2n) is 3.95. The first-order chi connectivity index (χ1) is 8.11. The van der Waals surface area contributed by atoms with Gasteiger partial charge < -0.3 is 11.5 Å². The van der Waals surface area contributed by atoms with Crippen LogP contribution < -0.4 is 11.5 Å². The Morgan fingerprint density at radius 3 is 2.29 bits per heavy atom. The van der Waals surface area contributed by atoms with E-state index in [-0.39, 0.29) is 0 Å². The first-order valence-electron chi connectivity index (χ1n) is 5.35. The number of hydrogen-bond donors (Lipinski definition) is 2. The summed E-state index contributed by atoms with van der Waals surface area (Å²) in [5.74, 6) is -0.499. The lowest BCUT2D eigenvalue weighted by molar-refractivity contribution is 0.100. The molecule has 2 aromatic rings. The zero-order valence-electron chi connectivity index (χ0n) is 9.60. The molecule has 0 unspecified atom stereocenters. The van der Waals surface area contributed by atoms with E-state index in [1.54, 1.807) is 6.07 Å². The Labute approximate surface area is 100 Å². The van der Waals surface area contributed by atoms with Crippen LogP contribution in [0.15, 0.2) is 42.5 Å². The molecule has 0 heterocycles. The molecule has 0 atom stereocenters. The summed E-state index contributed by atoms with van der Waals surface area (Å²) in [4.78, 5) is 11.5. The molecule has 4 N–H and O–H groups in total. The highest BCUT2D eigenvalue weighted by Crippen LogP contribution is 2.29. The Kier molecular flexibility index (Phi) is 2.83. The van der Waals surface area contributed by atoms with E-state index < -0.39 is 5.91 Å². The maximum absolute atomic E-state index is 11.5. The highest BCUT2D eigenvalue weighted by Gasteiger charge is 2.14. The van der Waals surface area contributed by atoms with Gasteiger partial charge in [0, 0.05) is 5.69 Å². The first-order valence-corrected chi connectivity index (χ1v) is 5.35. The predicted molar refractivity (Wildman–Crippen MR) is 69.5 cm³/mol. The number of benzene rings is 2. The molecule has 86 valence electrons. The zero-order chi connectivity index (χ0) is 12.4. The van der Waals surface area contributed by atoms with Crippen molar-refractivity contribution in [3.05, 3.63) is 53.6 Å². The molecule has 0 aromatic heterocycles. The summed E-state index contributed by atoms with van der Waals surface area (Å²) in [5.41, 5.74) is 14.9. The number of amides is 1. The van der Waals surface area contributed by atoms with E-state index in [0.29, 0.717) is 11.3 Å². The summed E-state index contributed by atoms with van der Waals surface area (Å²) in [5, 5.41) is 0. The van der Waals surface area contributed by atoms with Gasteiger partial charge >= 0.3 is 0 Å². The van der Waals surface area contributed by atoms with Gasteiger partial charge in [0.2, 0.25) is 0 Å². The number of hydrogen-bond acceptors (Lipinski definition) is 2. The van der Waals surface area contributed by atoms with Gasteiger partial charge in [-0.05, 0) is 29.7 Å². The number of carbonyl (C=O) groups is 1. The molecule has 2 aromatic carbocycles. The quantitative estimate of drug-likeness (QED) is 0.772. The fourth-order valence-corrected chi connectivity index (χ4v) is 1.94. The summed E-state index contributed by atoms with van der Waals surface area (Å²) in [6.07, 6.45) is 0. The molecule has 1 amide bonds. The lowest BCUT2D eigenvalue weighted by Crippen LogP contribution is -2.15. The van der Waals surface area contributed by atoms with Crippen molar-refractivity contribution in [3.8, 4) is 11.1 Å². The van der Waals surface area contributed by atoms with Crippen molar-refractivity contribution in [2.24, 2.45) is 5.73 Å². The van der Waals surface area contributed by atoms with Crippen molar-refractivity contribution >= 4 is 11.6 Å². The van der Waals surface area contributed by atoms with Crippen LogP contribution in [0.25, 0.3) is 11.1 Å². The molecule has 0 fully saturated rings. The second kappa shape index (κ2) is 4.29. The topological polar surface area (TPSA) is 69.1 Å². The number of anilines is 1. The minimum atomic E-state index is -0.499. The smallest absolute Gasteiger partial charge is 0.251 e. The molecule has 0 aliphatic rings. The molecule has 0 saturated heterocycles. The largest absolute Gasteiger partial charge is 0.398 e. The van der Waals surface area contributed by atoms with Crippen molar-refractivity contribution < 1.29 is 4.79 Å². The van der Waals surface area contributed by atoms with Crippen LogP contribution in [0.1, 0.15) is 15.9 Å². The van der Waals surface area contributed by atoms with Gasteiger partial charge in [0.1, 0.15) is 0 Å². The van der Waals surface area contributed by atoms with Gasteiger partial charge in [0.15, 0.2) is 0 Å². The van der Waals surface area contributed by atoms with Crippen LogP contribution in [0, 0.1) is 6.92 Å². The summed E-state index contributed by atoms with van der Waals surface area (Å²) in [6, 6.07) is 13.2. The highest BCUT2D eigenvalue weighted by atomic mass is 16.1. The van der Waals surface area contributed by atoms with E-state index >= 15 is 0 Å². The number of primary amides is 1. The molecule has 0 spiro atoms. The van der Waals surface area contributed by atoms with Crippen LogP contribution >= 0.6 is 0 Å². The number of aryl methyl sites for hydroxylation is 1. The summed E-state index contributed by atoms with van der Waals surface area (Å²) in [6.45, 7) is 1.99. The molecule has 0 radical (unpaired) electrons. The van der Waals surface area contributed by atoms with Crippen molar-refractivity contribution in [1.29, 1.82) is 0 Å². The lowest BCUT2D eigenvalue weighted by Gasteiger charge is -2.11. The van der Waals surface area contributed by atoms with Crippen LogP contribution in [0.2, 0.25) is 0 Å². The SMILES string of the molecule is Cc1ccccc1-c1cccc(N)c1C(N)=O. The maximum atomic E-state index is 11.5. The van der Waals surface area contributed by atoms with Gasteiger partial charge in [0.25, 0.3) is 5.91 Å². The minimum absolute atomic E-state index is 0.391. The van der Waals surface area contributed by atoms with E-state index in [4.69, 9.17) is 11.5 Å². The van der Waals surface area contributed by atoms with Crippen molar-refractivity contribution in [2.75, 3.05) is 5.73 Å². The first kappa shape index (κ1) is 11.2. The fraction of sp³-hybridized carbons (Fsp3) is 0.0714. The Morgan fingerprint density at radius 2 is 1.65 bits per heavy atom. The van der Waals surface area contributed by atoms with Crippen LogP contribution in [0.4, 0.5) is 5.69 Å². The Hall–Kier alpha value is -2.29. The molecule has 2 rings (SSSR count). The highest BCUT2D eigenvalue weighted by molar-refractivity contribution is 6.04. The van der Waals surface area contributed by atoms with Crippen LogP contribution in [-0.4, -0.2) is 5.91 Å². The monoisotopic (exact) mass is 226 g/mol. The normalized spacial score (nSPS) is 10.2. The van der Waals surface area contributed by atoms with E-state index in [9.17, 15) is 4.79 Å². The molecule has 0 aliphatic carbocycles. The third-order valence-corrected chi connectivity index (χ3v) is 2.78. The van der Waals surface area contributed by atoms with E-state index in [2.05, 4.69) is 0 Å². The second-order valence-corrected chi connectivity index (χ2v) is 3.95. The standard InChI is InChI=1S/C14H14N2O/c1-9-5-2-3-6-10(9)11-7-4-8-12(15)13(11)14(16)17/h2-8H,15H2,1H3,(H2,16,17). The zero-order valence-corrected chi connectivity index (χ0v) is 9.60.